The first-order chi connectivity index (χ1) is 17.0. The number of carbonyl (C=O) groups excluding carboxylic acids is 2. The van der Waals surface area contributed by atoms with Crippen LogP contribution in [0.3, 0.4) is 0 Å². The summed E-state index contributed by atoms with van der Waals surface area (Å²) in [5.74, 6) is -1.27. The Morgan fingerprint density at radius 3 is 2.40 bits per heavy atom. The lowest BCUT2D eigenvalue weighted by molar-refractivity contribution is -0.138. The minimum absolute atomic E-state index is 0.000986. The number of carboxylic acid groups (broad SMARTS) is 1. The predicted octanol–water partition coefficient (Wildman–Crippen LogP) is 2.15. The fraction of sp³-hybridized carbons (Fsp3) is 0.320. The summed E-state index contributed by atoms with van der Waals surface area (Å²) in [6, 6.07) is 16.3. The second-order valence-electron chi connectivity index (χ2n) is 8.83. The molecule has 35 heavy (non-hydrogen) atoms. The van der Waals surface area contributed by atoms with Gasteiger partial charge in [-0.3, -0.25) is 9.59 Å². The molecule has 0 spiro atoms. The highest BCUT2D eigenvalue weighted by Gasteiger charge is 2.43. The molecule has 2 amide bonds. The van der Waals surface area contributed by atoms with Gasteiger partial charge in [0.05, 0.1) is 12.7 Å². The van der Waals surface area contributed by atoms with Crippen LogP contribution in [0.1, 0.15) is 29.2 Å². The zero-order valence-corrected chi connectivity index (χ0v) is 18.9. The second-order valence-corrected chi connectivity index (χ2v) is 8.83. The van der Waals surface area contributed by atoms with Gasteiger partial charge in [0.25, 0.3) is 0 Å². The van der Waals surface area contributed by atoms with Gasteiger partial charge >= 0.3 is 12.1 Å². The summed E-state index contributed by atoms with van der Waals surface area (Å²) in [5.41, 5.74) is 5.14. The Labute approximate surface area is 201 Å². The molecule has 0 bridgehead atoms. The van der Waals surface area contributed by atoms with Crippen molar-refractivity contribution in [2.45, 2.75) is 25.4 Å². The van der Waals surface area contributed by atoms with E-state index in [1.165, 1.54) is 22.0 Å². The van der Waals surface area contributed by atoms with Crippen LogP contribution in [0.5, 0.6) is 0 Å². The van der Waals surface area contributed by atoms with Crippen molar-refractivity contribution in [3.63, 3.8) is 0 Å². The minimum atomic E-state index is -1.02. The lowest BCUT2D eigenvalue weighted by atomic mass is 9.98. The molecule has 0 unspecified atom stereocenters. The van der Waals surface area contributed by atoms with Crippen molar-refractivity contribution in [3.05, 3.63) is 71.5 Å². The number of carbonyl (C=O) groups is 3. The molecule has 0 radical (unpaired) electrons. The van der Waals surface area contributed by atoms with Gasteiger partial charge in [0.2, 0.25) is 5.91 Å². The van der Waals surface area contributed by atoms with Crippen LogP contribution in [0.15, 0.2) is 54.7 Å². The first kappa shape index (κ1) is 22.6. The number of nitrogens with zero attached hydrogens (tertiary/aromatic N) is 3. The molecule has 1 fully saturated rings. The topological polar surface area (TPSA) is 135 Å². The van der Waals surface area contributed by atoms with Gasteiger partial charge in [0, 0.05) is 18.4 Å². The number of carboxylic acids is 1. The van der Waals surface area contributed by atoms with Crippen molar-refractivity contribution in [2.75, 3.05) is 13.2 Å². The SMILES string of the molecule is O=C(O)Cn1cc(CNC(=O)[C@@H]2C[C@@H]2CNC(=O)OCC2c3ccccc3-c3ccccc32)nn1. The average Bonchev–Trinajstić information content (AvgIpc) is 3.39. The zero-order chi connectivity index (χ0) is 24.4. The second kappa shape index (κ2) is 9.57. The van der Waals surface area contributed by atoms with Crippen LogP contribution < -0.4 is 10.6 Å². The maximum absolute atomic E-state index is 12.3. The van der Waals surface area contributed by atoms with Gasteiger partial charge in [-0.05, 0) is 34.6 Å². The van der Waals surface area contributed by atoms with Crippen LogP contribution in [0.4, 0.5) is 4.79 Å². The van der Waals surface area contributed by atoms with Crippen LogP contribution in [0.25, 0.3) is 11.1 Å². The van der Waals surface area contributed by atoms with Gasteiger partial charge in [0.15, 0.2) is 0 Å². The summed E-state index contributed by atoms with van der Waals surface area (Å²) in [7, 11) is 0. The quantitative estimate of drug-likeness (QED) is 0.431. The van der Waals surface area contributed by atoms with E-state index in [1.807, 2.05) is 24.3 Å². The van der Waals surface area contributed by atoms with E-state index in [2.05, 4.69) is 45.2 Å². The van der Waals surface area contributed by atoms with Gasteiger partial charge in [-0.15, -0.1) is 5.10 Å². The molecule has 3 N–H and O–H groups in total. The predicted molar refractivity (Wildman–Crippen MR) is 124 cm³/mol. The number of rotatable bonds is 9. The molecule has 10 heteroatoms. The van der Waals surface area contributed by atoms with Crippen molar-refractivity contribution in [3.8, 4) is 11.1 Å². The van der Waals surface area contributed by atoms with Gasteiger partial charge in [-0.1, -0.05) is 53.7 Å². The van der Waals surface area contributed by atoms with E-state index in [1.54, 1.807) is 0 Å². The summed E-state index contributed by atoms with van der Waals surface area (Å²) < 4.78 is 6.74. The number of hydrogen-bond acceptors (Lipinski definition) is 6. The Hall–Kier alpha value is -4.21. The number of fused-ring (bicyclic) bond motifs is 3. The number of ether oxygens (including phenoxy) is 1. The summed E-state index contributed by atoms with van der Waals surface area (Å²) in [4.78, 5) is 35.4. The van der Waals surface area contributed by atoms with Crippen LogP contribution >= 0.6 is 0 Å². The lowest BCUT2D eigenvalue weighted by Gasteiger charge is -2.14. The monoisotopic (exact) mass is 475 g/mol. The Morgan fingerprint density at radius 2 is 1.71 bits per heavy atom. The maximum atomic E-state index is 12.3. The molecule has 2 aromatic carbocycles. The summed E-state index contributed by atoms with van der Waals surface area (Å²) in [6.45, 7) is 0.495. The Balaban J connectivity index is 1.05. The van der Waals surface area contributed by atoms with Gasteiger partial charge in [0.1, 0.15) is 18.8 Å². The van der Waals surface area contributed by atoms with Gasteiger partial charge < -0.3 is 20.5 Å². The number of nitrogens with one attached hydrogen (secondary N) is 2. The Bertz CT molecular complexity index is 1230. The highest BCUT2D eigenvalue weighted by atomic mass is 16.5. The number of amides is 2. The molecule has 2 atom stereocenters. The Morgan fingerprint density at radius 1 is 1.03 bits per heavy atom. The smallest absolute Gasteiger partial charge is 0.407 e. The molecule has 5 rings (SSSR count). The molecule has 0 aliphatic heterocycles. The van der Waals surface area contributed by atoms with Crippen molar-refractivity contribution < 1.29 is 24.2 Å². The fourth-order valence-corrected chi connectivity index (χ4v) is 4.60. The molecule has 1 aromatic heterocycles. The van der Waals surface area contributed by atoms with Crippen LogP contribution in [0.2, 0.25) is 0 Å². The van der Waals surface area contributed by atoms with Gasteiger partial charge in [-0.25, -0.2) is 9.48 Å². The third-order valence-electron chi connectivity index (χ3n) is 6.44. The average molecular weight is 476 g/mol. The molecular formula is C25H25N5O5. The van der Waals surface area contributed by atoms with Gasteiger partial charge in [-0.2, -0.15) is 0 Å². The van der Waals surface area contributed by atoms with E-state index in [0.717, 1.165) is 11.1 Å². The van der Waals surface area contributed by atoms with E-state index < -0.39 is 12.1 Å². The Kier molecular flexibility index (Phi) is 6.17. The molecule has 0 saturated heterocycles. The number of benzene rings is 2. The molecule has 1 heterocycles. The summed E-state index contributed by atoms with van der Waals surface area (Å²) >= 11 is 0. The van der Waals surface area contributed by atoms with Crippen molar-refractivity contribution in [1.29, 1.82) is 0 Å². The van der Waals surface area contributed by atoms with E-state index >= 15 is 0 Å². The summed E-state index contributed by atoms with van der Waals surface area (Å²) in [6.07, 6.45) is 1.67. The first-order valence-corrected chi connectivity index (χ1v) is 11.5. The maximum Gasteiger partial charge on any atom is 0.407 e. The van der Waals surface area contributed by atoms with Crippen molar-refractivity contribution in [2.24, 2.45) is 11.8 Å². The molecule has 2 aliphatic carbocycles. The molecule has 180 valence electrons. The molecule has 2 aliphatic rings. The number of hydrogen-bond donors (Lipinski definition) is 3. The van der Waals surface area contributed by atoms with E-state index in [4.69, 9.17) is 9.84 Å². The summed E-state index contributed by atoms with van der Waals surface area (Å²) in [5, 5.41) is 21.9. The zero-order valence-electron chi connectivity index (χ0n) is 18.9. The van der Waals surface area contributed by atoms with Crippen LogP contribution in [0, 0.1) is 11.8 Å². The normalized spacial score (nSPS) is 17.8. The highest BCUT2D eigenvalue weighted by Crippen LogP contribution is 2.44. The van der Waals surface area contributed by atoms with E-state index in [-0.39, 0.29) is 43.4 Å². The molecule has 10 nitrogen and oxygen atoms in total. The fourth-order valence-electron chi connectivity index (χ4n) is 4.60. The third kappa shape index (κ3) is 5.01. The largest absolute Gasteiger partial charge is 0.480 e. The molecule has 1 saturated carbocycles. The number of aromatic nitrogens is 3. The lowest BCUT2D eigenvalue weighted by Crippen LogP contribution is -2.30. The van der Waals surface area contributed by atoms with E-state index in [9.17, 15) is 14.4 Å². The molecule has 3 aromatic rings. The van der Waals surface area contributed by atoms with Crippen molar-refractivity contribution >= 4 is 18.0 Å². The highest BCUT2D eigenvalue weighted by molar-refractivity contribution is 5.82. The van der Waals surface area contributed by atoms with Crippen LogP contribution in [-0.2, 0) is 27.4 Å². The molecular weight excluding hydrogens is 450 g/mol. The standard InChI is InChI=1S/C25H25N5O5/c31-23(32)13-30-12-16(28-29-30)11-26-24(33)21-9-15(21)10-27-25(34)35-14-22-19-7-3-1-5-17(19)18-6-2-4-8-20(18)22/h1-8,12,15,21-22H,9-11,13-14H2,(H,26,33)(H,27,34)(H,31,32)/t15-,21-/m1/s1. The number of aliphatic carboxylic acids is 1. The number of alkyl carbamates (subject to hydrolysis) is 1. The third-order valence-corrected chi connectivity index (χ3v) is 6.44. The van der Waals surface area contributed by atoms with E-state index in [0.29, 0.717) is 18.7 Å². The van der Waals surface area contributed by atoms with Crippen molar-refractivity contribution in [1.82, 2.24) is 25.6 Å². The first-order valence-electron chi connectivity index (χ1n) is 11.5. The van der Waals surface area contributed by atoms with Crippen LogP contribution in [-0.4, -0.2) is 51.2 Å². The minimum Gasteiger partial charge on any atom is -0.480 e.